The van der Waals surface area contributed by atoms with Gasteiger partial charge in [-0.2, -0.15) is 0 Å². The van der Waals surface area contributed by atoms with Crippen molar-refractivity contribution in [3.8, 4) is 0 Å². The monoisotopic (exact) mass is 432 g/mol. The number of nitrogens with one attached hydrogen (secondary N) is 2. The molecule has 0 aliphatic carbocycles. The largest absolute Gasteiger partial charge is 0.383 e. The van der Waals surface area contributed by atoms with Gasteiger partial charge in [-0.15, -0.1) is 0 Å². The van der Waals surface area contributed by atoms with Crippen LogP contribution in [0.5, 0.6) is 0 Å². The first-order chi connectivity index (χ1) is 15.1. The van der Waals surface area contributed by atoms with Crippen molar-refractivity contribution in [2.45, 2.75) is 18.3 Å². The van der Waals surface area contributed by atoms with E-state index in [1.165, 1.54) is 5.56 Å². The molecule has 8 nitrogen and oxygen atoms in total. The van der Waals surface area contributed by atoms with Gasteiger partial charge in [-0.1, -0.05) is 30.3 Å². The topological polar surface area (TPSA) is 83.1 Å². The molecule has 0 spiro atoms. The molecule has 1 aromatic carbocycles. The van der Waals surface area contributed by atoms with Crippen LogP contribution in [0.4, 0.5) is 0 Å². The minimum atomic E-state index is -0.0515. The Morgan fingerprint density at radius 2 is 1.55 bits per heavy atom. The highest BCUT2D eigenvalue weighted by atomic mass is 16.5. The molecule has 0 bridgehead atoms. The average molecular weight is 433 g/mol. The Hall–Kier alpha value is -2.00. The van der Waals surface area contributed by atoms with Crippen LogP contribution in [0.1, 0.15) is 18.4 Å². The molecule has 0 radical (unpaired) electrons. The molecular formula is C23H36N4O4. The summed E-state index contributed by atoms with van der Waals surface area (Å²) in [5, 5.41) is 6.03. The molecule has 2 N–H and O–H groups in total. The van der Waals surface area contributed by atoms with Gasteiger partial charge in [0.05, 0.1) is 19.7 Å². The van der Waals surface area contributed by atoms with E-state index in [1.54, 1.807) is 7.11 Å². The second-order valence-electron chi connectivity index (χ2n) is 8.43. The van der Waals surface area contributed by atoms with Crippen LogP contribution < -0.4 is 10.6 Å². The van der Waals surface area contributed by atoms with Gasteiger partial charge < -0.3 is 20.1 Å². The predicted molar refractivity (Wildman–Crippen MR) is 119 cm³/mol. The van der Waals surface area contributed by atoms with Crippen LogP contribution in [0.15, 0.2) is 30.3 Å². The summed E-state index contributed by atoms with van der Waals surface area (Å²) in [7, 11) is 1.62. The number of methoxy groups -OCH3 is 1. The Balaban J connectivity index is 1.40. The number of benzene rings is 1. The van der Waals surface area contributed by atoms with Crippen molar-refractivity contribution >= 4 is 11.8 Å². The normalized spacial score (nSPS) is 19.6. The molecule has 2 saturated heterocycles. The summed E-state index contributed by atoms with van der Waals surface area (Å²) < 4.78 is 10.5. The van der Waals surface area contributed by atoms with Gasteiger partial charge in [0.2, 0.25) is 11.8 Å². The maximum absolute atomic E-state index is 12.7. The third kappa shape index (κ3) is 7.28. The van der Waals surface area contributed by atoms with Gasteiger partial charge in [0.1, 0.15) is 0 Å². The number of rotatable bonds is 10. The van der Waals surface area contributed by atoms with Crippen LogP contribution in [0, 0.1) is 0 Å². The van der Waals surface area contributed by atoms with Crippen LogP contribution in [0.3, 0.4) is 0 Å². The molecule has 0 aromatic heterocycles. The van der Waals surface area contributed by atoms with Gasteiger partial charge in [-0.05, 0) is 18.4 Å². The Kier molecular flexibility index (Phi) is 9.27. The molecule has 0 saturated carbocycles. The van der Waals surface area contributed by atoms with E-state index in [9.17, 15) is 9.59 Å². The van der Waals surface area contributed by atoms with Crippen LogP contribution in [-0.2, 0) is 24.5 Å². The second kappa shape index (κ2) is 12.1. The summed E-state index contributed by atoms with van der Waals surface area (Å²) in [5.41, 5.74) is 1.22. The lowest BCUT2D eigenvalue weighted by Gasteiger charge is -2.38. The number of nitrogens with zero attached hydrogens (tertiary/aromatic N) is 2. The van der Waals surface area contributed by atoms with Crippen LogP contribution in [0.2, 0.25) is 0 Å². The third-order valence-corrected chi connectivity index (χ3v) is 6.29. The Labute approximate surface area is 185 Å². The van der Waals surface area contributed by atoms with Gasteiger partial charge in [0.25, 0.3) is 0 Å². The lowest BCUT2D eigenvalue weighted by Crippen LogP contribution is -2.52. The van der Waals surface area contributed by atoms with Gasteiger partial charge in [-0.25, -0.2) is 0 Å². The molecule has 31 heavy (non-hydrogen) atoms. The fourth-order valence-corrected chi connectivity index (χ4v) is 4.31. The first kappa shape index (κ1) is 23.7. The summed E-state index contributed by atoms with van der Waals surface area (Å²) in [4.78, 5) is 28.9. The summed E-state index contributed by atoms with van der Waals surface area (Å²) in [6.07, 6.45) is 1.84. The Morgan fingerprint density at radius 3 is 2.13 bits per heavy atom. The van der Waals surface area contributed by atoms with Crippen LogP contribution in [-0.4, -0.2) is 101 Å². The molecular weight excluding hydrogens is 396 g/mol. The maximum Gasteiger partial charge on any atom is 0.234 e. The van der Waals surface area contributed by atoms with E-state index in [1.807, 2.05) is 6.07 Å². The fraction of sp³-hybridized carbons (Fsp3) is 0.652. The van der Waals surface area contributed by atoms with Crippen molar-refractivity contribution < 1.29 is 19.1 Å². The van der Waals surface area contributed by atoms with E-state index in [0.29, 0.717) is 32.8 Å². The highest BCUT2D eigenvalue weighted by molar-refractivity contribution is 5.78. The number of piperazine rings is 1. The highest BCUT2D eigenvalue weighted by Gasteiger charge is 2.34. The second-order valence-corrected chi connectivity index (χ2v) is 8.43. The van der Waals surface area contributed by atoms with Gasteiger partial charge in [0.15, 0.2) is 0 Å². The van der Waals surface area contributed by atoms with Gasteiger partial charge >= 0.3 is 0 Å². The fourth-order valence-electron chi connectivity index (χ4n) is 4.31. The Morgan fingerprint density at radius 1 is 0.968 bits per heavy atom. The van der Waals surface area contributed by atoms with Crippen LogP contribution in [0.25, 0.3) is 0 Å². The summed E-state index contributed by atoms with van der Waals surface area (Å²) >= 11 is 0. The number of ether oxygens (including phenoxy) is 2. The molecule has 8 heteroatoms. The molecule has 2 aliphatic heterocycles. The van der Waals surface area contributed by atoms with Gasteiger partial charge in [0, 0.05) is 65.0 Å². The summed E-state index contributed by atoms with van der Waals surface area (Å²) in [5.74, 6) is 0.0819. The summed E-state index contributed by atoms with van der Waals surface area (Å²) in [6, 6.07) is 10.5. The van der Waals surface area contributed by atoms with E-state index >= 15 is 0 Å². The molecule has 2 amide bonds. The zero-order chi connectivity index (χ0) is 21.9. The number of amides is 2. The number of carbonyl (C=O) groups excluding carboxylic acids is 2. The van der Waals surface area contributed by atoms with Crippen molar-refractivity contribution in [2.75, 3.05) is 79.3 Å². The highest BCUT2D eigenvalue weighted by Crippen LogP contribution is 2.34. The molecule has 0 unspecified atom stereocenters. The maximum atomic E-state index is 12.7. The first-order valence-corrected chi connectivity index (χ1v) is 11.2. The quantitative estimate of drug-likeness (QED) is 0.515. The van der Waals surface area contributed by atoms with Crippen LogP contribution >= 0.6 is 0 Å². The average Bonchev–Trinajstić information content (AvgIpc) is 2.80. The number of carbonyl (C=O) groups is 2. The van der Waals surface area contributed by atoms with Crippen molar-refractivity contribution in [1.82, 2.24) is 20.4 Å². The van der Waals surface area contributed by atoms with E-state index in [4.69, 9.17) is 9.47 Å². The minimum absolute atomic E-state index is 0.0194. The molecule has 2 aliphatic rings. The van der Waals surface area contributed by atoms with Crippen molar-refractivity contribution in [1.29, 1.82) is 0 Å². The van der Waals surface area contributed by atoms with Crippen molar-refractivity contribution in [3.05, 3.63) is 35.9 Å². The minimum Gasteiger partial charge on any atom is -0.383 e. The lowest BCUT2D eigenvalue weighted by molar-refractivity contribution is -0.125. The smallest absolute Gasteiger partial charge is 0.234 e. The SMILES string of the molecule is COCCNC(=O)CN1CCN(CC(=O)NCC2(c3ccccc3)CCOCC2)CC1. The predicted octanol–water partition coefficient (Wildman–Crippen LogP) is 0.231. The molecule has 172 valence electrons. The number of hydrogen-bond acceptors (Lipinski definition) is 6. The number of hydrogen-bond donors (Lipinski definition) is 2. The van der Waals surface area contributed by atoms with Crippen molar-refractivity contribution in [3.63, 3.8) is 0 Å². The Bertz CT molecular complexity index is 686. The van der Waals surface area contributed by atoms with E-state index < -0.39 is 0 Å². The van der Waals surface area contributed by atoms with E-state index in [0.717, 1.165) is 52.2 Å². The lowest BCUT2D eigenvalue weighted by atomic mass is 9.74. The standard InChI is InChI=1S/C23H36N4O4/c1-30-16-9-24-21(28)17-26-10-12-27(13-11-26)18-22(29)25-19-23(7-14-31-15-8-23)20-5-3-2-4-6-20/h2-6H,7-19H2,1H3,(H,24,28)(H,25,29). The third-order valence-electron chi connectivity index (χ3n) is 6.29. The van der Waals surface area contributed by atoms with E-state index in [2.05, 4.69) is 44.7 Å². The van der Waals surface area contributed by atoms with Gasteiger partial charge in [-0.3, -0.25) is 19.4 Å². The molecule has 3 rings (SSSR count). The zero-order valence-corrected chi connectivity index (χ0v) is 18.6. The van der Waals surface area contributed by atoms with E-state index in [-0.39, 0.29) is 17.2 Å². The molecule has 0 atom stereocenters. The van der Waals surface area contributed by atoms with Crippen molar-refractivity contribution in [2.24, 2.45) is 0 Å². The molecule has 2 fully saturated rings. The summed E-state index contributed by atoms with van der Waals surface area (Å²) in [6.45, 7) is 7.09. The zero-order valence-electron chi connectivity index (χ0n) is 18.6. The molecule has 2 heterocycles. The first-order valence-electron chi connectivity index (χ1n) is 11.2. The molecule has 1 aromatic rings.